The summed E-state index contributed by atoms with van der Waals surface area (Å²) in [5.74, 6) is 0.130. The number of hydrogen-bond donors (Lipinski definition) is 1. The number of carbonyl (C=O) groups excluding carboxylic acids is 1. The molecule has 1 aromatic rings. The monoisotopic (exact) mass is 224 g/mol. The molecule has 15 heavy (non-hydrogen) atoms. The maximum absolute atomic E-state index is 11.7. The lowest BCUT2D eigenvalue weighted by atomic mass is 9.99. The third-order valence-electron chi connectivity index (χ3n) is 2.94. The van der Waals surface area contributed by atoms with Gasteiger partial charge in [0, 0.05) is 24.5 Å². The van der Waals surface area contributed by atoms with Crippen LogP contribution in [0.25, 0.3) is 0 Å². The van der Waals surface area contributed by atoms with E-state index in [1.807, 2.05) is 13.8 Å². The molecule has 1 aliphatic rings. The van der Waals surface area contributed by atoms with Gasteiger partial charge < -0.3 is 5.32 Å². The second kappa shape index (κ2) is 3.94. The summed E-state index contributed by atoms with van der Waals surface area (Å²) >= 11 is 1.75. The second-order valence-corrected chi connectivity index (χ2v) is 5.35. The number of nitrogens with zero attached hydrogens (tertiary/aromatic N) is 1. The minimum absolute atomic E-state index is 0.130. The van der Waals surface area contributed by atoms with Crippen LogP contribution in [0.4, 0.5) is 0 Å². The zero-order chi connectivity index (χ0) is 10.9. The van der Waals surface area contributed by atoms with Crippen molar-refractivity contribution in [3.63, 3.8) is 0 Å². The van der Waals surface area contributed by atoms with E-state index in [-0.39, 0.29) is 11.4 Å². The van der Waals surface area contributed by atoms with Gasteiger partial charge >= 0.3 is 0 Å². The Hall–Kier alpha value is -0.870. The number of piperazine rings is 1. The summed E-state index contributed by atoms with van der Waals surface area (Å²) < 4.78 is 0. The molecule has 1 aromatic heterocycles. The molecule has 0 unspecified atom stereocenters. The molecule has 0 radical (unpaired) electrons. The number of carbonyl (C=O) groups is 1. The first-order valence-corrected chi connectivity index (χ1v) is 6.04. The van der Waals surface area contributed by atoms with Gasteiger partial charge in [-0.1, -0.05) is 6.07 Å². The SMILES string of the molecule is CC1(C)C(=O)NCCN1Cc1cccs1. The lowest BCUT2D eigenvalue weighted by molar-refractivity contribution is -0.135. The van der Waals surface area contributed by atoms with Crippen molar-refractivity contribution in [2.24, 2.45) is 0 Å². The van der Waals surface area contributed by atoms with Gasteiger partial charge in [-0.15, -0.1) is 11.3 Å². The second-order valence-electron chi connectivity index (χ2n) is 4.32. The summed E-state index contributed by atoms with van der Waals surface area (Å²) in [7, 11) is 0. The molecule has 0 aliphatic carbocycles. The van der Waals surface area contributed by atoms with E-state index in [9.17, 15) is 4.79 Å². The molecule has 3 nitrogen and oxygen atoms in total. The average Bonchev–Trinajstić information content (AvgIpc) is 2.66. The summed E-state index contributed by atoms with van der Waals surface area (Å²) in [4.78, 5) is 15.3. The fraction of sp³-hybridized carbons (Fsp3) is 0.545. The number of hydrogen-bond acceptors (Lipinski definition) is 3. The van der Waals surface area contributed by atoms with E-state index in [4.69, 9.17) is 0 Å². The van der Waals surface area contributed by atoms with Crippen LogP contribution in [0.1, 0.15) is 18.7 Å². The van der Waals surface area contributed by atoms with Crippen molar-refractivity contribution in [3.8, 4) is 0 Å². The Morgan fingerprint density at radius 2 is 2.40 bits per heavy atom. The molecule has 1 N–H and O–H groups in total. The Balaban J connectivity index is 2.11. The van der Waals surface area contributed by atoms with Gasteiger partial charge in [0.1, 0.15) is 0 Å². The summed E-state index contributed by atoms with van der Waals surface area (Å²) in [6.07, 6.45) is 0. The largest absolute Gasteiger partial charge is 0.353 e. The molecule has 0 bridgehead atoms. The first kappa shape index (κ1) is 10.6. The van der Waals surface area contributed by atoms with Gasteiger partial charge in [-0.05, 0) is 25.3 Å². The minimum atomic E-state index is -0.387. The topological polar surface area (TPSA) is 32.3 Å². The first-order chi connectivity index (χ1) is 7.10. The van der Waals surface area contributed by atoms with Crippen LogP contribution in [0.3, 0.4) is 0 Å². The molecule has 0 spiro atoms. The summed E-state index contributed by atoms with van der Waals surface area (Å²) in [6, 6.07) is 4.17. The molecule has 1 fully saturated rings. The van der Waals surface area contributed by atoms with Crippen molar-refractivity contribution < 1.29 is 4.79 Å². The van der Waals surface area contributed by atoms with Crippen molar-refractivity contribution in [1.29, 1.82) is 0 Å². The predicted molar refractivity (Wildman–Crippen MR) is 61.8 cm³/mol. The Bertz CT molecular complexity index is 345. The predicted octanol–water partition coefficient (Wildman–Crippen LogP) is 1.46. The Morgan fingerprint density at radius 1 is 1.60 bits per heavy atom. The molecule has 82 valence electrons. The molecule has 2 heterocycles. The van der Waals surface area contributed by atoms with Crippen molar-refractivity contribution in [1.82, 2.24) is 10.2 Å². The van der Waals surface area contributed by atoms with Crippen LogP contribution in [0.15, 0.2) is 17.5 Å². The average molecular weight is 224 g/mol. The highest BCUT2D eigenvalue weighted by Crippen LogP contribution is 2.22. The van der Waals surface area contributed by atoms with Gasteiger partial charge in [0.25, 0.3) is 0 Å². The van der Waals surface area contributed by atoms with Gasteiger partial charge in [-0.25, -0.2) is 0 Å². The Morgan fingerprint density at radius 3 is 3.07 bits per heavy atom. The van der Waals surface area contributed by atoms with Crippen molar-refractivity contribution in [2.75, 3.05) is 13.1 Å². The fourth-order valence-electron chi connectivity index (χ4n) is 1.81. The number of thiophene rings is 1. The quantitative estimate of drug-likeness (QED) is 0.825. The summed E-state index contributed by atoms with van der Waals surface area (Å²) in [6.45, 7) is 6.52. The van der Waals surface area contributed by atoms with Crippen LogP contribution in [-0.2, 0) is 11.3 Å². The Kier molecular flexibility index (Phi) is 2.80. The number of nitrogens with one attached hydrogen (secondary N) is 1. The van der Waals surface area contributed by atoms with E-state index in [0.29, 0.717) is 0 Å². The number of amides is 1. The van der Waals surface area contributed by atoms with Gasteiger partial charge in [0.2, 0.25) is 5.91 Å². The smallest absolute Gasteiger partial charge is 0.240 e. The highest BCUT2D eigenvalue weighted by atomic mass is 32.1. The lowest BCUT2D eigenvalue weighted by Crippen LogP contribution is -2.61. The van der Waals surface area contributed by atoms with Gasteiger partial charge in [0.15, 0.2) is 0 Å². The maximum atomic E-state index is 11.7. The van der Waals surface area contributed by atoms with Crippen molar-refractivity contribution >= 4 is 17.2 Å². The van der Waals surface area contributed by atoms with Crippen LogP contribution in [-0.4, -0.2) is 29.4 Å². The van der Waals surface area contributed by atoms with Gasteiger partial charge in [-0.2, -0.15) is 0 Å². The molecule has 1 aliphatic heterocycles. The van der Waals surface area contributed by atoms with E-state index < -0.39 is 0 Å². The molecule has 1 saturated heterocycles. The van der Waals surface area contributed by atoms with Crippen molar-refractivity contribution in [3.05, 3.63) is 22.4 Å². The first-order valence-electron chi connectivity index (χ1n) is 5.16. The molecular formula is C11H16N2OS. The van der Waals surface area contributed by atoms with E-state index in [0.717, 1.165) is 19.6 Å². The minimum Gasteiger partial charge on any atom is -0.353 e. The maximum Gasteiger partial charge on any atom is 0.240 e. The molecule has 1 amide bonds. The third-order valence-corrected chi connectivity index (χ3v) is 3.80. The van der Waals surface area contributed by atoms with Crippen molar-refractivity contribution in [2.45, 2.75) is 25.9 Å². The van der Waals surface area contributed by atoms with Crippen LogP contribution >= 0.6 is 11.3 Å². The van der Waals surface area contributed by atoms with Crippen LogP contribution in [0.5, 0.6) is 0 Å². The molecular weight excluding hydrogens is 208 g/mol. The van der Waals surface area contributed by atoms with Crippen LogP contribution in [0, 0.1) is 0 Å². The Labute approximate surface area is 94.1 Å². The van der Waals surface area contributed by atoms with E-state index in [1.54, 1.807) is 11.3 Å². The van der Waals surface area contributed by atoms with Gasteiger partial charge in [0.05, 0.1) is 5.54 Å². The number of rotatable bonds is 2. The molecule has 4 heteroatoms. The summed E-state index contributed by atoms with van der Waals surface area (Å²) in [5, 5.41) is 4.98. The highest BCUT2D eigenvalue weighted by molar-refractivity contribution is 7.09. The lowest BCUT2D eigenvalue weighted by Gasteiger charge is -2.40. The standard InChI is InChI=1S/C11H16N2OS/c1-11(2)10(14)12-5-6-13(11)8-9-4-3-7-15-9/h3-4,7H,5-6,8H2,1-2H3,(H,12,14). The molecule has 0 atom stereocenters. The summed E-state index contributed by atoms with van der Waals surface area (Å²) in [5.41, 5.74) is -0.387. The van der Waals surface area contributed by atoms with E-state index >= 15 is 0 Å². The third kappa shape index (κ3) is 2.06. The van der Waals surface area contributed by atoms with Crippen LogP contribution < -0.4 is 5.32 Å². The van der Waals surface area contributed by atoms with E-state index in [1.165, 1.54) is 4.88 Å². The molecule has 2 rings (SSSR count). The van der Waals surface area contributed by atoms with E-state index in [2.05, 4.69) is 27.7 Å². The fourth-order valence-corrected chi connectivity index (χ4v) is 2.53. The molecule has 0 aromatic carbocycles. The van der Waals surface area contributed by atoms with Gasteiger partial charge in [-0.3, -0.25) is 9.69 Å². The normalized spacial score (nSPS) is 21.3. The highest BCUT2D eigenvalue weighted by Gasteiger charge is 2.37. The zero-order valence-corrected chi connectivity index (χ0v) is 9.93. The van der Waals surface area contributed by atoms with Crippen LogP contribution in [0.2, 0.25) is 0 Å². The molecule has 0 saturated carbocycles. The zero-order valence-electron chi connectivity index (χ0n) is 9.12.